The van der Waals surface area contributed by atoms with Crippen molar-refractivity contribution < 1.29 is 18.1 Å². The zero-order valence-electron chi connectivity index (χ0n) is 6.91. The van der Waals surface area contributed by atoms with Crippen LogP contribution in [0, 0.1) is 6.92 Å². The zero-order chi connectivity index (χ0) is 8.74. The van der Waals surface area contributed by atoms with Crippen molar-refractivity contribution in [3.8, 4) is 0 Å². The van der Waals surface area contributed by atoms with Gasteiger partial charge in [-0.3, -0.25) is 13.6 Å². The third-order valence-corrected chi connectivity index (χ3v) is 2.47. The molecule has 0 aromatic carbocycles. The maximum absolute atomic E-state index is 11.3. The molecule has 1 radical (unpaired) electrons. The fraction of sp³-hybridized carbons (Fsp3) is 0.833. The Morgan fingerprint density at radius 1 is 1.18 bits per heavy atom. The van der Waals surface area contributed by atoms with Crippen LogP contribution >= 0.6 is 7.82 Å². The summed E-state index contributed by atoms with van der Waals surface area (Å²) in [7, 11) is -3.28. The first kappa shape index (κ1) is 11.1. The van der Waals surface area contributed by atoms with E-state index in [-0.39, 0.29) is 6.61 Å². The third-order valence-electron chi connectivity index (χ3n) is 0.824. The summed E-state index contributed by atoms with van der Waals surface area (Å²) in [6.07, 6.45) is 0. The van der Waals surface area contributed by atoms with Gasteiger partial charge in [-0.2, -0.15) is 0 Å². The van der Waals surface area contributed by atoms with Gasteiger partial charge < -0.3 is 0 Å². The molecule has 0 saturated carbocycles. The molecule has 0 aromatic rings. The van der Waals surface area contributed by atoms with Crippen LogP contribution < -0.4 is 0 Å². The molecule has 0 spiro atoms. The molecule has 4 nitrogen and oxygen atoms in total. The van der Waals surface area contributed by atoms with Crippen molar-refractivity contribution in [3.63, 3.8) is 0 Å². The largest absolute Gasteiger partial charge is 0.474 e. The molecule has 0 bridgehead atoms. The summed E-state index contributed by atoms with van der Waals surface area (Å²) >= 11 is 0. The predicted molar refractivity (Wildman–Crippen MR) is 42.2 cm³/mol. The highest BCUT2D eigenvalue weighted by atomic mass is 31.2. The minimum atomic E-state index is -3.28. The van der Waals surface area contributed by atoms with Crippen LogP contribution in [0.1, 0.15) is 13.8 Å². The summed E-state index contributed by atoms with van der Waals surface area (Å²) in [5, 5.41) is 0. The van der Waals surface area contributed by atoms with E-state index in [1.807, 2.05) is 0 Å². The van der Waals surface area contributed by atoms with Crippen LogP contribution in [-0.2, 0) is 18.1 Å². The number of hydrogen-bond donors (Lipinski definition) is 0. The van der Waals surface area contributed by atoms with E-state index < -0.39 is 7.82 Å². The Morgan fingerprint density at radius 3 is 1.91 bits per heavy atom. The van der Waals surface area contributed by atoms with Crippen LogP contribution in [0.15, 0.2) is 0 Å². The molecule has 0 unspecified atom stereocenters. The van der Waals surface area contributed by atoms with Gasteiger partial charge in [-0.15, -0.1) is 0 Å². The minimum Gasteiger partial charge on any atom is -0.287 e. The molecule has 11 heavy (non-hydrogen) atoms. The molecule has 0 aliphatic rings. The molecule has 67 valence electrons. The van der Waals surface area contributed by atoms with Crippen molar-refractivity contribution in [1.82, 2.24) is 0 Å². The van der Waals surface area contributed by atoms with Gasteiger partial charge in [-0.25, -0.2) is 4.57 Å². The SMILES string of the molecule is [CH2]COP(=O)(OCC)OCC. The molecule has 0 N–H and O–H groups in total. The average molecular weight is 181 g/mol. The van der Waals surface area contributed by atoms with Gasteiger partial charge in [0.1, 0.15) is 0 Å². The Hall–Kier alpha value is 0.110. The second-order valence-electron chi connectivity index (χ2n) is 1.62. The molecule has 0 aliphatic heterocycles. The summed E-state index contributed by atoms with van der Waals surface area (Å²) in [6.45, 7) is 7.51. The van der Waals surface area contributed by atoms with Crippen molar-refractivity contribution in [2.45, 2.75) is 13.8 Å². The molecule has 0 aromatic heterocycles. The van der Waals surface area contributed by atoms with Gasteiger partial charge in [-0.1, -0.05) is 0 Å². The van der Waals surface area contributed by atoms with Crippen LogP contribution in [0.2, 0.25) is 0 Å². The Balaban J connectivity index is 3.91. The fourth-order valence-corrected chi connectivity index (χ4v) is 1.62. The lowest BCUT2D eigenvalue weighted by molar-refractivity contribution is 0.130. The van der Waals surface area contributed by atoms with Crippen LogP contribution in [0.4, 0.5) is 0 Å². The summed E-state index contributed by atoms with van der Waals surface area (Å²) in [5.41, 5.74) is 0. The van der Waals surface area contributed by atoms with Crippen molar-refractivity contribution in [2.75, 3.05) is 19.8 Å². The first-order valence-electron chi connectivity index (χ1n) is 3.51. The van der Waals surface area contributed by atoms with E-state index >= 15 is 0 Å². The van der Waals surface area contributed by atoms with E-state index in [0.717, 1.165) is 0 Å². The van der Waals surface area contributed by atoms with E-state index in [4.69, 9.17) is 13.6 Å². The second kappa shape index (κ2) is 5.72. The van der Waals surface area contributed by atoms with Gasteiger partial charge in [0.25, 0.3) is 0 Å². The van der Waals surface area contributed by atoms with E-state index in [0.29, 0.717) is 13.2 Å². The van der Waals surface area contributed by atoms with Crippen LogP contribution in [-0.4, -0.2) is 19.8 Å². The molecule has 0 atom stereocenters. The lowest BCUT2D eigenvalue weighted by Gasteiger charge is -2.14. The van der Waals surface area contributed by atoms with Crippen molar-refractivity contribution in [1.29, 1.82) is 0 Å². The van der Waals surface area contributed by atoms with Crippen LogP contribution in [0.25, 0.3) is 0 Å². The zero-order valence-corrected chi connectivity index (χ0v) is 7.80. The van der Waals surface area contributed by atoms with Gasteiger partial charge >= 0.3 is 7.82 Å². The molecule has 5 heteroatoms. The van der Waals surface area contributed by atoms with Gasteiger partial charge in [0.2, 0.25) is 0 Å². The number of phosphoric ester groups is 1. The lowest BCUT2D eigenvalue weighted by atomic mass is 10.9. The highest BCUT2D eigenvalue weighted by Gasteiger charge is 2.23. The van der Waals surface area contributed by atoms with E-state index in [2.05, 4.69) is 6.92 Å². The lowest BCUT2D eigenvalue weighted by Crippen LogP contribution is -1.99. The summed E-state index contributed by atoms with van der Waals surface area (Å²) in [6, 6.07) is 0. The predicted octanol–water partition coefficient (Wildman–Crippen LogP) is 2.02. The van der Waals surface area contributed by atoms with Crippen molar-refractivity contribution in [3.05, 3.63) is 6.92 Å². The second-order valence-corrected chi connectivity index (χ2v) is 3.29. The standard InChI is InChI=1S/C6H14O4P/c1-4-8-11(7,9-5-2)10-6-3/h1,4-6H2,2-3H3. The minimum absolute atomic E-state index is 0.0806. The summed E-state index contributed by atoms with van der Waals surface area (Å²) < 4.78 is 25.6. The van der Waals surface area contributed by atoms with Crippen molar-refractivity contribution >= 4 is 7.82 Å². The van der Waals surface area contributed by atoms with Gasteiger partial charge in [0.05, 0.1) is 19.8 Å². The number of hydrogen-bond acceptors (Lipinski definition) is 4. The molecular formula is C6H14O4P. The van der Waals surface area contributed by atoms with E-state index in [1.165, 1.54) is 0 Å². The summed E-state index contributed by atoms with van der Waals surface area (Å²) in [5.74, 6) is 0. The smallest absolute Gasteiger partial charge is 0.287 e. The quantitative estimate of drug-likeness (QED) is 0.588. The maximum atomic E-state index is 11.3. The van der Waals surface area contributed by atoms with E-state index in [1.54, 1.807) is 13.8 Å². The number of phosphoric acid groups is 1. The highest BCUT2D eigenvalue weighted by molar-refractivity contribution is 7.48. The summed E-state index contributed by atoms with van der Waals surface area (Å²) in [4.78, 5) is 0. The first-order chi connectivity index (χ1) is 5.18. The normalized spacial score (nSPS) is 11.9. The Bertz CT molecular complexity index is 113. The molecule has 0 fully saturated rings. The fourth-order valence-electron chi connectivity index (χ4n) is 0.540. The van der Waals surface area contributed by atoms with Gasteiger partial charge in [0.15, 0.2) is 0 Å². The van der Waals surface area contributed by atoms with Crippen molar-refractivity contribution in [2.24, 2.45) is 0 Å². The molecule has 0 saturated heterocycles. The van der Waals surface area contributed by atoms with E-state index in [9.17, 15) is 4.57 Å². The maximum Gasteiger partial charge on any atom is 0.474 e. The monoisotopic (exact) mass is 181 g/mol. The average Bonchev–Trinajstić information content (AvgIpc) is 1.88. The first-order valence-corrected chi connectivity index (χ1v) is 4.97. The Labute approximate surface area is 67.5 Å². The number of rotatable bonds is 6. The molecule has 0 amide bonds. The topological polar surface area (TPSA) is 44.8 Å². The Kier molecular flexibility index (Phi) is 5.78. The molecule has 0 heterocycles. The van der Waals surface area contributed by atoms with Crippen LogP contribution in [0.3, 0.4) is 0 Å². The third kappa shape index (κ3) is 4.53. The highest BCUT2D eigenvalue weighted by Crippen LogP contribution is 2.48. The Morgan fingerprint density at radius 2 is 1.64 bits per heavy atom. The van der Waals surface area contributed by atoms with Gasteiger partial charge in [-0.05, 0) is 20.8 Å². The van der Waals surface area contributed by atoms with Crippen LogP contribution in [0.5, 0.6) is 0 Å². The molecular weight excluding hydrogens is 167 g/mol. The van der Waals surface area contributed by atoms with Gasteiger partial charge in [0, 0.05) is 0 Å². The molecule has 0 rings (SSSR count). The molecule has 0 aliphatic carbocycles.